The predicted molar refractivity (Wildman–Crippen MR) is 92.1 cm³/mol. The summed E-state index contributed by atoms with van der Waals surface area (Å²) in [6.07, 6.45) is 1.70. The number of rotatable bonds is 4. The summed E-state index contributed by atoms with van der Waals surface area (Å²) in [5.74, 6) is 0.186. The fraction of sp³-hybridized carbons (Fsp3) is 0.267. The number of nitrogens with one attached hydrogen (secondary N) is 1. The summed E-state index contributed by atoms with van der Waals surface area (Å²) in [6, 6.07) is 5.04. The maximum atomic E-state index is 13.9. The first-order valence-corrected chi connectivity index (χ1v) is 8.21. The van der Waals surface area contributed by atoms with Crippen LogP contribution < -0.4 is 5.32 Å². The lowest BCUT2D eigenvalue weighted by Crippen LogP contribution is -2.06. The zero-order valence-corrected chi connectivity index (χ0v) is 14.9. The van der Waals surface area contributed by atoms with Crippen LogP contribution in [0.4, 0.5) is 10.2 Å². The Balaban J connectivity index is 1.97. The number of hydrogen-bond donors (Lipinski definition) is 1. The molecule has 0 spiro atoms. The zero-order valence-electron chi connectivity index (χ0n) is 12.5. The standard InChI is InChI=1S/C15H14BrClFN5/c1-8(2)23-7-20-12-13(21-15(17)22-14(12)23)19-6-9-10(16)4-3-5-11(9)18/h3-5,7-8H,6H2,1-2H3,(H,19,21,22). The van der Waals surface area contributed by atoms with Gasteiger partial charge in [0, 0.05) is 22.6 Å². The van der Waals surface area contributed by atoms with Gasteiger partial charge >= 0.3 is 0 Å². The van der Waals surface area contributed by atoms with Crippen LogP contribution >= 0.6 is 27.5 Å². The van der Waals surface area contributed by atoms with Gasteiger partial charge in [-0.15, -0.1) is 0 Å². The molecule has 0 fully saturated rings. The van der Waals surface area contributed by atoms with E-state index in [1.807, 2.05) is 18.4 Å². The molecule has 0 aliphatic heterocycles. The van der Waals surface area contributed by atoms with Gasteiger partial charge in [0.25, 0.3) is 0 Å². The molecular weight excluding hydrogens is 385 g/mol. The highest BCUT2D eigenvalue weighted by molar-refractivity contribution is 9.10. The van der Waals surface area contributed by atoms with Crippen molar-refractivity contribution in [2.24, 2.45) is 0 Å². The Labute approximate surface area is 146 Å². The molecule has 0 aliphatic carbocycles. The van der Waals surface area contributed by atoms with Crippen molar-refractivity contribution in [2.45, 2.75) is 26.4 Å². The summed E-state index contributed by atoms with van der Waals surface area (Å²) in [7, 11) is 0. The normalized spacial score (nSPS) is 11.4. The van der Waals surface area contributed by atoms with E-state index in [0.29, 0.717) is 27.0 Å². The molecule has 2 aromatic heterocycles. The van der Waals surface area contributed by atoms with E-state index < -0.39 is 0 Å². The molecule has 1 aromatic carbocycles. The van der Waals surface area contributed by atoms with Crippen LogP contribution in [0, 0.1) is 5.82 Å². The molecule has 1 N–H and O–H groups in total. The molecular formula is C15H14BrClFN5. The van der Waals surface area contributed by atoms with Crippen LogP contribution in [0.1, 0.15) is 25.5 Å². The van der Waals surface area contributed by atoms with E-state index in [2.05, 4.69) is 36.2 Å². The summed E-state index contributed by atoms with van der Waals surface area (Å²) < 4.78 is 16.5. The molecule has 8 heteroatoms. The van der Waals surface area contributed by atoms with Crippen LogP contribution in [-0.4, -0.2) is 19.5 Å². The topological polar surface area (TPSA) is 55.6 Å². The predicted octanol–water partition coefficient (Wildman–Crippen LogP) is 4.57. The fourth-order valence-corrected chi connectivity index (χ4v) is 2.91. The van der Waals surface area contributed by atoms with Gasteiger partial charge in [-0.25, -0.2) is 9.37 Å². The third-order valence-electron chi connectivity index (χ3n) is 3.44. The summed E-state index contributed by atoms with van der Waals surface area (Å²) in [5, 5.41) is 3.22. The quantitative estimate of drug-likeness (QED) is 0.654. The van der Waals surface area contributed by atoms with Crippen LogP contribution in [0.3, 0.4) is 0 Å². The smallest absolute Gasteiger partial charge is 0.226 e. The van der Waals surface area contributed by atoms with Gasteiger partial charge in [-0.05, 0) is 37.6 Å². The number of fused-ring (bicyclic) bond motifs is 1. The van der Waals surface area contributed by atoms with Gasteiger partial charge in [0.2, 0.25) is 5.28 Å². The molecule has 0 saturated carbocycles. The Kier molecular flexibility index (Phi) is 4.50. The maximum Gasteiger partial charge on any atom is 0.226 e. The molecule has 0 radical (unpaired) electrons. The second-order valence-electron chi connectivity index (χ2n) is 5.31. The summed E-state index contributed by atoms with van der Waals surface area (Å²) in [4.78, 5) is 12.8. The molecule has 120 valence electrons. The first kappa shape index (κ1) is 16.1. The summed E-state index contributed by atoms with van der Waals surface area (Å²) in [5.41, 5.74) is 1.77. The monoisotopic (exact) mass is 397 g/mol. The molecule has 0 bridgehead atoms. The van der Waals surface area contributed by atoms with Gasteiger partial charge in [-0.2, -0.15) is 9.97 Å². The number of nitrogens with zero attached hydrogens (tertiary/aromatic N) is 4. The first-order chi connectivity index (χ1) is 11.0. The Morgan fingerprint density at radius 2 is 2.13 bits per heavy atom. The van der Waals surface area contributed by atoms with E-state index >= 15 is 0 Å². The van der Waals surface area contributed by atoms with Crippen LogP contribution in [0.5, 0.6) is 0 Å². The molecule has 2 heterocycles. The van der Waals surface area contributed by atoms with Crippen molar-refractivity contribution >= 4 is 44.5 Å². The van der Waals surface area contributed by atoms with Gasteiger partial charge in [-0.1, -0.05) is 22.0 Å². The number of benzene rings is 1. The van der Waals surface area contributed by atoms with Crippen molar-refractivity contribution in [3.05, 3.63) is 45.7 Å². The van der Waals surface area contributed by atoms with E-state index in [9.17, 15) is 4.39 Å². The summed E-state index contributed by atoms with van der Waals surface area (Å²) in [6.45, 7) is 4.31. The van der Waals surface area contributed by atoms with Gasteiger partial charge < -0.3 is 9.88 Å². The minimum absolute atomic E-state index is 0.120. The fourth-order valence-electron chi connectivity index (χ4n) is 2.26. The second kappa shape index (κ2) is 6.41. The van der Waals surface area contributed by atoms with Crippen LogP contribution in [-0.2, 0) is 6.54 Å². The molecule has 0 aliphatic rings. The van der Waals surface area contributed by atoms with Gasteiger partial charge in [0.05, 0.1) is 6.33 Å². The van der Waals surface area contributed by atoms with Crippen molar-refractivity contribution < 1.29 is 4.39 Å². The molecule has 0 unspecified atom stereocenters. The maximum absolute atomic E-state index is 13.9. The molecule has 5 nitrogen and oxygen atoms in total. The molecule has 3 aromatic rings. The van der Waals surface area contributed by atoms with E-state index in [4.69, 9.17) is 11.6 Å². The highest BCUT2D eigenvalue weighted by Crippen LogP contribution is 2.25. The van der Waals surface area contributed by atoms with Gasteiger partial charge in [-0.3, -0.25) is 0 Å². The lowest BCUT2D eigenvalue weighted by molar-refractivity contribution is 0.611. The second-order valence-corrected chi connectivity index (χ2v) is 6.51. The van der Waals surface area contributed by atoms with Crippen molar-refractivity contribution in [1.29, 1.82) is 0 Å². The average Bonchev–Trinajstić information content (AvgIpc) is 2.90. The Morgan fingerprint density at radius 3 is 2.83 bits per heavy atom. The minimum Gasteiger partial charge on any atom is -0.364 e. The zero-order chi connectivity index (χ0) is 16.6. The number of hydrogen-bond acceptors (Lipinski definition) is 4. The largest absolute Gasteiger partial charge is 0.364 e. The van der Waals surface area contributed by atoms with E-state index in [1.54, 1.807) is 18.5 Å². The lowest BCUT2D eigenvalue weighted by atomic mass is 10.2. The van der Waals surface area contributed by atoms with Crippen molar-refractivity contribution in [2.75, 3.05) is 5.32 Å². The Hall–Kier alpha value is -1.73. The molecule has 0 saturated heterocycles. The molecule has 0 atom stereocenters. The van der Waals surface area contributed by atoms with Crippen molar-refractivity contribution in [3.8, 4) is 0 Å². The number of aromatic nitrogens is 4. The van der Waals surface area contributed by atoms with Crippen LogP contribution in [0.25, 0.3) is 11.2 Å². The number of halogens is 3. The van der Waals surface area contributed by atoms with Gasteiger partial charge in [0.1, 0.15) is 5.82 Å². The number of anilines is 1. The lowest BCUT2D eigenvalue weighted by Gasteiger charge is -2.10. The van der Waals surface area contributed by atoms with E-state index in [-0.39, 0.29) is 23.7 Å². The minimum atomic E-state index is -0.295. The van der Waals surface area contributed by atoms with Crippen molar-refractivity contribution in [1.82, 2.24) is 19.5 Å². The highest BCUT2D eigenvalue weighted by atomic mass is 79.9. The van der Waals surface area contributed by atoms with E-state index in [1.165, 1.54) is 6.07 Å². The van der Waals surface area contributed by atoms with E-state index in [0.717, 1.165) is 0 Å². The Morgan fingerprint density at radius 1 is 1.35 bits per heavy atom. The summed E-state index contributed by atoms with van der Waals surface area (Å²) >= 11 is 9.36. The molecule has 3 rings (SSSR count). The molecule has 0 amide bonds. The third kappa shape index (κ3) is 3.16. The SMILES string of the molecule is CC(C)n1cnc2c(NCc3c(F)cccc3Br)nc(Cl)nc21. The highest BCUT2D eigenvalue weighted by Gasteiger charge is 2.15. The van der Waals surface area contributed by atoms with Gasteiger partial charge in [0.15, 0.2) is 17.0 Å². The average molecular weight is 399 g/mol. The Bertz CT molecular complexity index is 844. The first-order valence-electron chi connectivity index (χ1n) is 7.04. The molecule has 23 heavy (non-hydrogen) atoms. The number of imidazole rings is 1. The van der Waals surface area contributed by atoms with Crippen LogP contribution in [0.2, 0.25) is 5.28 Å². The van der Waals surface area contributed by atoms with Crippen LogP contribution in [0.15, 0.2) is 29.0 Å². The third-order valence-corrected chi connectivity index (χ3v) is 4.36. The van der Waals surface area contributed by atoms with Crippen molar-refractivity contribution in [3.63, 3.8) is 0 Å².